The summed E-state index contributed by atoms with van der Waals surface area (Å²) in [6, 6.07) is 6.54. The van der Waals surface area contributed by atoms with Crippen molar-refractivity contribution in [3.8, 4) is 11.3 Å². The van der Waals surface area contributed by atoms with E-state index in [1.807, 2.05) is 13.1 Å². The molecule has 0 saturated carbocycles. The molecule has 0 saturated heterocycles. The van der Waals surface area contributed by atoms with E-state index in [9.17, 15) is 4.39 Å². The van der Waals surface area contributed by atoms with Crippen LogP contribution in [-0.2, 0) is 6.54 Å². The van der Waals surface area contributed by atoms with Crippen LogP contribution in [0.1, 0.15) is 6.92 Å². The molecule has 3 aromatic rings. The van der Waals surface area contributed by atoms with E-state index in [1.165, 1.54) is 12.1 Å². The molecule has 0 spiro atoms. The molecule has 96 valence electrons. The van der Waals surface area contributed by atoms with Crippen molar-refractivity contribution in [1.82, 2.24) is 14.5 Å². The van der Waals surface area contributed by atoms with Crippen LogP contribution in [0.2, 0.25) is 0 Å². The molecule has 0 bridgehead atoms. The molecular weight excluding hydrogens is 243 g/mol. The van der Waals surface area contributed by atoms with Crippen molar-refractivity contribution in [3.05, 3.63) is 42.5 Å². The maximum absolute atomic E-state index is 13.5. The van der Waals surface area contributed by atoms with Gasteiger partial charge in [-0.3, -0.25) is 0 Å². The van der Waals surface area contributed by atoms with E-state index in [0.717, 1.165) is 23.0 Å². The smallest absolute Gasteiger partial charge is 0.220 e. The Balaban J connectivity index is 2.31. The first-order chi connectivity index (χ1) is 9.19. The van der Waals surface area contributed by atoms with Crippen LogP contribution in [0.4, 0.5) is 10.3 Å². The molecule has 0 aliphatic rings. The summed E-state index contributed by atoms with van der Waals surface area (Å²) in [6.07, 6.45) is 3.57. The fourth-order valence-corrected chi connectivity index (χ4v) is 2.26. The molecule has 0 aliphatic carbocycles. The zero-order valence-electron chi connectivity index (χ0n) is 10.5. The lowest BCUT2D eigenvalue weighted by molar-refractivity contribution is 0.629. The first kappa shape index (κ1) is 11.6. The molecule has 0 radical (unpaired) electrons. The third-order valence-corrected chi connectivity index (χ3v) is 3.13. The monoisotopic (exact) mass is 256 g/mol. The van der Waals surface area contributed by atoms with Crippen molar-refractivity contribution < 1.29 is 4.39 Å². The Morgan fingerprint density at radius 3 is 2.89 bits per heavy atom. The van der Waals surface area contributed by atoms with Crippen molar-refractivity contribution in [2.24, 2.45) is 0 Å². The van der Waals surface area contributed by atoms with E-state index in [-0.39, 0.29) is 11.8 Å². The van der Waals surface area contributed by atoms with E-state index < -0.39 is 0 Å². The number of nitrogens with zero attached hydrogens (tertiary/aromatic N) is 3. The average molecular weight is 256 g/mol. The van der Waals surface area contributed by atoms with Gasteiger partial charge in [0.25, 0.3) is 0 Å². The molecule has 3 rings (SSSR count). The minimum Gasteiger partial charge on any atom is -0.368 e. The SMILES string of the molecule is CCn1cc(-c2ccnc(N)n2)c2cc(F)ccc21. The second-order valence-corrected chi connectivity index (χ2v) is 4.29. The fraction of sp³-hybridized carbons (Fsp3) is 0.143. The number of aryl methyl sites for hydroxylation is 1. The third-order valence-electron chi connectivity index (χ3n) is 3.13. The van der Waals surface area contributed by atoms with Crippen LogP contribution in [-0.4, -0.2) is 14.5 Å². The van der Waals surface area contributed by atoms with Gasteiger partial charge in [0.1, 0.15) is 5.82 Å². The highest BCUT2D eigenvalue weighted by molar-refractivity contribution is 5.95. The number of rotatable bonds is 2. The van der Waals surface area contributed by atoms with E-state index in [2.05, 4.69) is 14.5 Å². The quantitative estimate of drug-likeness (QED) is 0.767. The van der Waals surface area contributed by atoms with E-state index in [1.54, 1.807) is 18.3 Å². The molecule has 2 N–H and O–H groups in total. The molecule has 4 nitrogen and oxygen atoms in total. The van der Waals surface area contributed by atoms with E-state index in [4.69, 9.17) is 5.73 Å². The number of anilines is 1. The molecule has 0 amide bonds. The molecule has 2 aromatic heterocycles. The van der Waals surface area contributed by atoms with Gasteiger partial charge in [0.05, 0.1) is 5.69 Å². The van der Waals surface area contributed by atoms with Gasteiger partial charge < -0.3 is 10.3 Å². The van der Waals surface area contributed by atoms with Gasteiger partial charge in [-0.05, 0) is 31.2 Å². The van der Waals surface area contributed by atoms with Gasteiger partial charge in [0, 0.05) is 35.4 Å². The van der Waals surface area contributed by atoms with Crippen molar-refractivity contribution in [3.63, 3.8) is 0 Å². The Bertz CT molecular complexity index is 748. The lowest BCUT2D eigenvalue weighted by Gasteiger charge is -1.99. The second kappa shape index (κ2) is 4.35. The molecule has 0 unspecified atom stereocenters. The number of halogens is 1. The van der Waals surface area contributed by atoms with Gasteiger partial charge in [-0.1, -0.05) is 0 Å². The Morgan fingerprint density at radius 1 is 1.32 bits per heavy atom. The summed E-state index contributed by atoms with van der Waals surface area (Å²) in [5.41, 5.74) is 8.16. The van der Waals surface area contributed by atoms with Crippen LogP contribution < -0.4 is 5.73 Å². The molecule has 2 heterocycles. The molecular formula is C14H13FN4. The van der Waals surface area contributed by atoms with Crippen molar-refractivity contribution in [1.29, 1.82) is 0 Å². The van der Waals surface area contributed by atoms with Gasteiger partial charge in [0.15, 0.2) is 0 Å². The van der Waals surface area contributed by atoms with Crippen molar-refractivity contribution in [2.75, 3.05) is 5.73 Å². The Morgan fingerprint density at radius 2 is 2.16 bits per heavy atom. The number of nitrogen functional groups attached to an aromatic ring is 1. The Hall–Kier alpha value is -2.43. The topological polar surface area (TPSA) is 56.7 Å². The zero-order chi connectivity index (χ0) is 13.4. The first-order valence-corrected chi connectivity index (χ1v) is 6.06. The number of hydrogen-bond acceptors (Lipinski definition) is 3. The normalized spacial score (nSPS) is 11.1. The summed E-state index contributed by atoms with van der Waals surface area (Å²) < 4.78 is 15.5. The third kappa shape index (κ3) is 1.93. The molecule has 5 heteroatoms. The van der Waals surface area contributed by atoms with Crippen molar-refractivity contribution in [2.45, 2.75) is 13.5 Å². The van der Waals surface area contributed by atoms with Crippen LogP contribution in [0, 0.1) is 5.82 Å². The maximum Gasteiger partial charge on any atom is 0.220 e. The summed E-state index contributed by atoms with van der Waals surface area (Å²) >= 11 is 0. The minimum atomic E-state index is -0.260. The van der Waals surface area contributed by atoms with Gasteiger partial charge in [-0.25, -0.2) is 14.4 Å². The highest BCUT2D eigenvalue weighted by atomic mass is 19.1. The number of fused-ring (bicyclic) bond motifs is 1. The van der Waals surface area contributed by atoms with Crippen LogP contribution in [0.15, 0.2) is 36.7 Å². The number of hydrogen-bond donors (Lipinski definition) is 1. The molecule has 0 aliphatic heterocycles. The minimum absolute atomic E-state index is 0.214. The summed E-state index contributed by atoms with van der Waals surface area (Å²) in [7, 11) is 0. The van der Waals surface area contributed by atoms with Crippen LogP contribution >= 0.6 is 0 Å². The lowest BCUT2D eigenvalue weighted by Crippen LogP contribution is -1.94. The van der Waals surface area contributed by atoms with Crippen LogP contribution in [0.3, 0.4) is 0 Å². The molecule has 19 heavy (non-hydrogen) atoms. The van der Waals surface area contributed by atoms with Crippen LogP contribution in [0.25, 0.3) is 22.2 Å². The molecule has 1 aromatic carbocycles. The van der Waals surface area contributed by atoms with Gasteiger partial charge in [0.2, 0.25) is 5.95 Å². The maximum atomic E-state index is 13.5. The highest BCUT2D eigenvalue weighted by Crippen LogP contribution is 2.30. The van der Waals surface area contributed by atoms with Gasteiger partial charge in [-0.15, -0.1) is 0 Å². The highest BCUT2D eigenvalue weighted by Gasteiger charge is 2.11. The van der Waals surface area contributed by atoms with E-state index >= 15 is 0 Å². The fourth-order valence-electron chi connectivity index (χ4n) is 2.26. The lowest BCUT2D eigenvalue weighted by atomic mass is 10.1. The van der Waals surface area contributed by atoms with Crippen molar-refractivity contribution >= 4 is 16.9 Å². The summed E-state index contributed by atoms with van der Waals surface area (Å²) in [5.74, 6) is -0.0454. The van der Waals surface area contributed by atoms with E-state index in [0.29, 0.717) is 5.69 Å². The Labute approximate surface area is 109 Å². The predicted octanol–water partition coefficient (Wildman–Crippen LogP) is 2.84. The Kier molecular flexibility index (Phi) is 2.67. The second-order valence-electron chi connectivity index (χ2n) is 4.29. The summed E-state index contributed by atoms with van der Waals surface area (Å²) in [6.45, 7) is 2.85. The predicted molar refractivity (Wildman–Crippen MR) is 73.0 cm³/mol. The largest absolute Gasteiger partial charge is 0.368 e. The number of benzene rings is 1. The standard InChI is InChI=1S/C14H13FN4/c1-2-19-8-11(12-5-6-17-14(16)18-12)10-7-9(15)3-4-13(10)19/h3-8H,2H2,1H3,(H2,16,17,18). The summed E-state index contributed by atoms with van der Waals surface area (Å²) in [5, 5.41) is 0.833. The van der Waals surface area contributed by atoms with Crippen LogP contribution in [0.5, 0.6) is 0 Å². The zero-order valence-corrected chi connectivity index (χ0v) is 10.5. The molecule has 0 fully saturated rings. The summed E-state index contributed by atoms with van der Waals surface area (Å²) in [4.78, 5) is 8.08. The molecule has 0 atom stereocenters. The number of nitrogens with two attached hydrogens (primary N) is 1. The first-order valence-electron chi connectivity index (χ1n) is 6.06. The number of aromatic nitrogens is 3. The van der Waals surface area contributed by atoms with Gasteiger partial charge >= 0.3 is 0 Å². The average Bonchev–Trinajstić information content (AvgIpc) is 2.76. The van der Waals surface area contributed by atoms with Gasteiger partial charge in [-0.2, -0.15) is 0 Å².